The number of nitrogens with one attached hydrogen (secondary N) is 1. The number of hydrogen-bond acceptors (Lipinski definition) is 4. The van der Waals surface area contributed by atoms with Crippen LogP contribution in [0.4, 0.5) is 0 Å². The van der Waals surface area contributed by atoms with Crippen LogP contribution in [0.15, 0.2) is 12.3 Å². The first-order valence-electron chi connectivity index (χ1n) is 5.75. The highest BCUT2D eigenvalue weighted by atomic mass is 16.4. The fourth-order valence-corrected chi connectivity index (χ4v) is 2.23. The standard InChI is InChI=1S/C11H13N3O5/c15-9(8-1-3-12-13-8)14-4-2-6(10(16)17)7(5-14)11(18)19/h1,3,6-7H,2,4-5H2,(H,12,13)(H,16,17)(H,18,19). The monoisotopic (exact) mass is 267 g/mol. The number of hydrogen-bond donors (Lipinski definition) is 3. The van der Waals surface area contributed by atoms with Gasteiger partial charge in [0.25, 0.3) is 5.91 Å². The highest BCUT2D eigenvalue weighted by Crippen LogP contribution is 2.25. The number of likely N-dealkylation sites (tertiary alicyclic amines) is 1. The lowest BCUT2D eigenvalue weighted by atomic mass is 9.85. The zero-order valence-electron chi connectivity index (χ0n) is 9.94. The van der Waals surface area contributed by atoms with Gasteiger partial charge in [-0.15, -0.1) is 0 Å². The molecule has 1 aliphatic heterocycles. The molecule has 2 heterocycles. The van der Waals surface area contributed by atoms with E-state index in [0.717, 1.165) is 0 Å². The number of nitrogens with zero attached hydrogens (tertiary/aromatic N) is 2. The van der Waals surface area contributed by atoms with E-state index < -0.39 is 23.8 Å². The third-order valence-corrected chi connectivity index (χ3v) is 3.27. The van der Waals surface area contributed by atoms with Gasteiger partial charge in [0, 0.05) is 19.3 Å². The molecule has 1 aliphatic rings. The van der Waals surface area contributed by atoms with Crippen LogP contribution in [0.1, 0.15) is 16.9 Å². The van der Waals surface area contributed by atoms with Crippen LogP contribution in [0.25, 0.3) is 0 Å². The van der Waals surface area contributed by atoms with Gasteiger partial charge in [-0.2, -0.15) is 5.10 Å². The maximum atomic E-state index is 12.0. The van der Waals surface area contributed by atoms with Crippen molar-refractivity contribution in [1.82, 2.24) is 15.1 Å². The SMILES string of the molecule is O=C(O)C1CCN(C(=O)c2ccn[nH]2)CC1C(=O)O. The van der Waals surface area contributed by atoms with Crippen LogP contribution in [0.2, 0.25) is 0 Å². The molecular weight excluding hydrogens is 254 g/mol. The fourth-order valence-electron chi connectivity index (χ4n) is 2.23. The summed E-state index contributed by atoms with van der Waals surface area (Å²) in [5.41, 5.74) is 0.262. The second-order valence-corrected chi connectivity index (χ2v) is 4.40. The van der Waals surface area contributed by atoms with Crippen LogP contribution in [0.3, 0.4) is 0 Å². The van der Waals surface area contributed by atoms with Gasteiger partial charge in [0.1, 0.15) is 5.69 Å². The zero-order chi connectivity index (χ0) is 14.0. The van der Waals surface area contributed by atoms with Crippen molar-refractivity contribution in [2.45, 2.75) is 6.42 Å². The van der Waals surface area contributed by atoms with Crippen LogP contribution >= 0.6 is 0 Å². The summed E-state index contributed by atoms with van der Waals surface area (Å²) < 4.78 is 0. The normalized spacial score (nSPS) is 23.1. The van der Waals surface area contributed by atoms with Gasteiger partial charge in [0.15, 0.2) is 0 Å². The molecule has 0 radical (unpaired) electrons. The number of carbonyl (C=O) groups excluding carboxylic acids is 1. The summed E-state index contributed by atoms with van der Waals surface area (Å²) in [5.74, 6) is -4.75. The van der Waals surface area contributed by atoms with Crippen molar-refractivity contribution in [2.75, 3.05) is 13.1 Å². The van der Waals surface area contributed by atoms with E-state index in [2.05, 4.69) is 10.2 Å². The lowest BCUT2D eigenvalue weighted by Crippen LogP contribution is -2.48. The van der Waals surface area contributed by atoms with Gasteiger partial charge >= 0.3 is 11.9 Å². The van der Waals surface area contributed by atoms with Gasteiger partial charge in [0.05, 0.1) is 11.8 Å². The third kappa shape index (κ3) is 2.56. The van der Waals surface area contributed by atoms with Crippen molar-refractivity contribution < 1.29 is 24.6 Å². The number of aromatic amines is 1. The Morgan fingerprint density at radius 2 is 1.95 bits per heavy atom. The largest absolute Gasteiger partial charge is 0.481 e. The minimum absolute atomic E-state index is 0.107. The Morgan fingerprint density at radius 3 is 2.47 bits per heavy atom. The maximum absolute atomic E-state index is 12.0. The molecule has 3 N–H and O–H groups in total. The Bertz CT molecular complexity index is 498. The first-order chi connectivity index (χ1) is 9.00. The molecule has 8 heteroatoms. The first kappa shape index (κ1) is 13.1. The number of H-pyrrole nitrogens is 1. The fraction of sp³-hybridized carbons (Fsp3) is 0.455. The Hall–Kier alpha value is -2.38. The molecule has 1 saturated heterocycles. The quantitative estimate of drug-likeness (QED) is 0.688. The molecule has 2 rings (SSSR count). The number of aliphatic carboxylic acids is 2. The van der Waals surface area contributed by atoms with Crippen molar-refractivity contribution >= 4 is 17.8 Å². The smallest absolute Gasteiger partial charge is 0.309 e. The van der Waals surface area contributed by atoms with Gasteiger partial charge in [-0.3, -0.25) is 19.5 Å². The average molecular weight is 267 g/mol. The highest BCUT2D eigenvalue weighted by molar-refractivity contribution is 5.93. The number of carboxylic acids is 2. The van der Waals surface area contributed by atoms with Crippen LogP contribution in [0, 0.1) is 11.8 Å². The first-order valence-corrected chi connectivity index (χ1v) is 5.75. The van der Waals surface area contributed by atoms with Gasteiger partial charge in [0.2, 0.25) is 0 Å². The topological polar surface area (TPSA) is 124 Å². The summed E-state index contributed by atoms with van der Waals surface area (Å²) in [6.07, 6.45) is 1.55. The van der Waals surface area contributed by atoms with Gasteiger partial charge in [-0.1, -0.05) is 0 Å². The van der Waals surface area contributed by atoms with Gasteiger partial charge < -0.3 is 15.1 Å². The van der Waals surface area contributed by atoms with E-state index in [-0.39, 0.29) is 31.1 Å². The van der Waals surface area contributed by atoms with E-state index in [1.807, 2.05) is 0 Å². The lowest BCUT2D eigenvalue weighted by molar-refractivity contribution is -0.156. The van der Waals surface area contributed by atoms with Crippen LogP contribution in [0.5, 0.6) is 0 Å². The second-order valence-electron chi connectivity index (χ2n) is 4.40. The van der Waals surface area contributed by atoms with E-state index in [9.17, 15) is 14.4 Å². The molecule has 0 bridgehead atoms. The molecule has 2 unspecified atom stereocenters. The predicted molar refractivity (Wildman–Crippen MR) is 61.4 cm³/mol. The average Bonchev–Trinajstić information content (AvgIpc) is 2.90. The van der Waals surface area contributed by atoms with Crippen LogP contribution < -0.4 is 0 Å². The molecule has 8 nitrogen and oxygen atoms in total. The number of carbonyl (C=O) groups is 3. The van der Waals surface area contributed by atoms with Gasteiger partial charge in [-0.25, -0.2) is 0 Å². The Morgan fingerprint density at radius 1 is 1.26 bits per heavy atom. The molecule has 0 aromatic carbocycles. The molecule has 19 heavy (non-hydrogen) atoms. The minimum atomic E-state index is -1.20. The molecule has 0 saturated carbocycles. The Kier molecular flexibility index (Phi) is 3.50. The van der Waals surface area contributed by atoms with E-state index in [0.29, 0.717) is 0 Å². The van der Waals surface area contributed by atoms with E-state index in [1.165, 1.54) is 17.2 Å². The summed E-state index contributed by atoms with van der Waals surface area (Å²) in [6, 6.07) is 1.49. The van der Waals surface area contributed by atoms with E-state index >= 15 is 0 Å². The molecule has 1 aromatic rings. The summed E-state index contributed by atoms with van der Waals surface area (Å²) in [7, 11) is 0. The second kappa shape index (κ2) is 5.09. The van der Waals surface area contributed by atoms with Crippen LogP contribution in [-0.2, 0) is 9.59 Å². The summed E-state index contributed by atoms with van der Waals surface area (Å²) in [6.45, 7) is 0.114. The molecule has 1 fully saturated rings. The van der Waals surface area contributed by atoms with Crippen LogP contribution in [-0.4, -0.2) is 56.2 Å². The predicted octanol–water partition coefficient (Wildman–Crippen LogP) is -0.343. The van der Waals surface area contributed by atoms with Crippen molar-refractivity contribution in [3.8, 4) is 0 Å². The summed E-state index contributed by atoms with van der Waals surface area (Å²) in [5, 5.41) is 24.2. The number of piperidine rings is 1. The molecule has 0 spiro atoms. The summed E-state index contributed by atoms with van der Waals surface area (Å²) in [4.78, 5) is 35.5. The number of aromatic nitrogens is 2. The van der Waals surface area contributed by atoms with E-state index in [4.69, 9.17) is 10.2 Å². The van der Waals surface area contributed by atoms with Crippen molar-refractivity contribution in [3.63, 3.8) is 0 Å². The molecule has 1 aromatic heterocycles. The molecule has 102 valence electrons. The lowest BCUT2D eigenvalue weighted by Gasteiger charge is -2.34. The van der Waals surface area contributed by atoms with Crippen molar-refractivity contribution in [3.05, 3.63) is 18.0 Å². The number of amides is 1. The third-order valence-electron chi connectivity index (χ3n) is 3.27. The van der Waals surface area contributed by atoms with Gasteiger partial charge in [-0.05, 0) is 12.5 Å². The molecule has 0 aliphatic carbocycles. The molecular formula is C11H13N3O5. The highest BCUT2D eigenvalue weighted by Gasteiger charge is 2.40. The molecule has 1 amide bonds. The number of rotatable bonds is 3. The van der Waals surface area contributed by atoms with Crippen molar-refractivity contribution in [2.24, 2.45) is 11.8 Å². The van der Waals surface area contributed by atoms with E-state index in [1.54, 1.807) is 0 Å². The summed E-state index contributed by atoms with van der Waals surface area (Å²) >= 11 is 0. The maximum Gasteiger partial charge on any atom is 0.309 e. The minimum Gasteiger partial charge on any atom is -0.481 e. The Labute approximate surface area is 108 Å². The molecule has 2 atom stereocenters. The number of carboxylic acid groups (broad SMARTS) is 2. The van der Waals surface area contributed by atoms with Crippen molar-refractivity contribution in [1.29, 1.82) is 0 Å². The zero-order valence-corrected chi connectivity index (χ0v) is 9.94. The Balaban J connectivity index is 2.13.